The maximum Gasteiger partial charge on any atom is 0.0851 e. The molecule has 0 aromatic rings. The molecule has 2 rings (SSSR count). The fourth-order valence-electron chi connectivity index (χ4n) is 3.76. The zero-order chi connectivity index (χ0) is 11.6. The predicted octanol–water partition coefficient (Wildman–Crippen LogP) is 1.26. The lowest BCUT2D eigenvalue weighted by Gasteiger charge is -2.49. The monoisotopic (exact) mass is 226 g/mol. The molecule has 2 aliphatic rings. The van der Waals surface area contributed by atoms with E-state index in [-0.39, 0.29) is 5.41 Å². The van der Waals surface area contributed by atoms with Gasteiger partial charge in [0.1, 0.15) is 0 Å². The summed E-state index contributed by atoms with van der Waals surface area (Å²) in [5.74, 6) is 0.766. The van der Waals surface area contributed by atoms with E-state index in [9.17, 15) is 5.11 Å². The first kappa shape index (κ1) is 12.3. The van der Waals surface area contributed by atoms with E-state index in [1.165, 1.54) is 19.3 Å². The van der Waals surface area contributed by atoms with Gasteiger partial charge in [0.2, 0.25) is 0 Å². The summed E-state index contributed by atoms with van der Waals surface area (Å²) in [4.78, 5) is 0. The van der Waals surface area contributed by atoms with Gasteiger partial charge in [-0.2, -0.15) is 0 Å². The molecule has 94 valence electrons. The number of hydrogen-bond acceptors (Lipinski definition) is 3. The summed E-state index contributed by atoms with van der Waals surface area (Å²) >= 11 is 0. The van der Waals surface area contributed by atoms with E-state index >= 15 is 0 Å². The SMILES string of the molecule is CCC1CCCC(CN)(C2(O)CCNC2)C1. The lowest BCUT2D eigenvalue weighted by Crippen LogP contribution is -2.56. The van der Waals surface area contributed by atoms with Gasteiger partial charge in [0.15, 0.2) is 0 Å². The van der Waals surface area contributed by atoms with E-state index in [0.717, 1.165) is 38.3 Å². The Balaban J connectivity index is 2.17. The molecular formula is C13H26N2O. The van der Waals surface area contributed by atoms with Crippen molar-refractivity contribution in [2.45, 2.75) is 51.0 Å². The Morgan fingerprint density at radius 2 is 2.25 bits per heavy atom. The molecule has 0 radical (unpaired) electrons. The predicted molar refractivity (Wildman–Crippen MR) is 66.2 cm³/mol. The Labute approximate surface area is 98.8 Å². The van der Waals surface area contributed by atoms with Gasteiger partial charge in [0.05, 0.1) is 5.60 Å². The van der Waals surface area contributed by atoms with Crippen LogP contribution in [0.15, 0.2) is 0 Å². The maximum atomic E-state index is 10.8. The van der Waals surface area contributed by atoms with Gasteiger partial charge in [0.25, 0.3) is 0 Å². The highest BCUT2D eigenvalue weighted by molar-refractivity contribution is 5.06. The van der Waals surface area contributed by atoms with Crippen molar-refractivity contribution in [3.63, 3.8) is 0 Å². The first-order valence-electron chi connectivity index (χ1n) is 6.79. The van der Waals surface area contributed by atoms with Crippen molar-refractivity contribution in [1.82, 2.24) is 5.32 Å². The van der Waals surface area contributed by atoms with Crippen LogP contribution in [0.1, 0.15) is 45.4 Å². The van der Waals surface area contributed by atoms with Crippen molar-refractivity contribution < 1.29 is 5.11 Å². The molecule has 3 heteroatoms. The summed E-state index contributed by atoms with van der Waals surface area (Å²) in [6, 6.07) is 0. The van der Waals surface area contributed by atoms with Crippen LogP contribution < -0.4 is 11.1 Å². The van der Waals surface area contributed by atoms with Gasteiger partial charge in [-0.15, -0.1) is 0 Å². The second-order valence-electron chi connectivity index (χ2n) is 5.81. The molecule has 1 saturated heterocycles. The van der Waals surface area contributed by atoms with Gasteiger partial charge in [-0.25, -0.2) is 0 Å². The molecule has 0 aromatic carbocycles. The van der Waals surface area contributed by atoms with E-state index < -0.39 is 5.60 Å². The summed E-state index contributed by atoms with van der Waals surface area (Å²) in [6.07, 6.45) is 6.89. The van der Waals surface area contributed by atoms with Crippen molar-refractivity contribution in [2.24, 2.45) is 17.1 Å². The zero-order valence-electron chi connectivity index (χ0n) is 10.5. The van der Waals surface area contributed by atoms with Gasteiger partial charge >= 0.3 is 0 Å². The molecular weight excluding hydrogens is 200 g/mol. The first-order valence-corrected chi connectivity index (χ1v) is 6.79. The fourth-order valence-corrected chi connectivity index (χ4v) is 3.76. The standard InChI is InChI=1S/C13H26N2O/c1-2-11-4-3-5-12(8-11,9-14)13(16)6-7-15-10-13/h11,15-16H,2-10,14H2,1H3. The van der Waals surface area contributed by atoms with Crippen LogP contribution in [0.4, 0.5) is 0 Å². The summed E-state index contributed by atoms with van der Waals surface area (Å²) in [5.41, 5.74) is 5.47. The van der Waals surface area contributed by atoms with Crippen LogP contribution in [0.3, 0.4) is 0 Å². The molecule has 3 nitrogen and oxygen atoms in total. The molecule has 3 atom stereocenters. The van der Waals surface area contributed by atoms with Gasteiger partial charge in [-0.3, -0.25) is 0 Å². The van der Waals surface area contributed by atoms with Crippen LogP contribution in [0.5, 0.6) is 0 Å². The normalized spacial score (nSPS) is 44.8. The van der Waals surface area contributed by atoms with Crippen molar-refractivity contribution in [3.05, 3.63) is 0 Å². The third-order valence-corrected chi connectivity index (χ3v) is 5.04. The van der Waals surface area contributed by atoms with Gasteiger partial charge < -0.3 is 16.2 Å². The van der Waals surface area contributed by atoms with E-state index in [1.807, 2.05) is 0 Å². The van der Waals surface area contributed by atoms with Crippen LogP contribution in [-0.4, -0.2) is 30.3 Å². The third kappa shape index (κ3) is 1.89. The van der Waals surface area contributed by atoms with E-state index in [4.69, 9.17) is 5.73 Å². The topological polar surface area (TPSA) is 58.3 Å². The average molecular weight is 226 g/mol. The minimum Gasteiger partial charge on any atom is -0.388 e. The highest BCUT2D eigenvalue weighted by Crippen LogP contribution is 2.49. The smallest absolute Gasteiger partial charge is 0.0851 e. The number of hydrogen-bond donors (Lipinski definition) is 3. The number of nitrogens with two attached hydrogens (primary N) is 1. The number of aliphatic hydroxyl groups is 1. The van der Waals surface area contributed by atoms with Crippen molar-refractivity contribution in [1.29, 1.82) is 0 Å². The molecule has 1 saturated carbocycles. The van der Waals surface area contributed by atoms with Crippen LogP contribution in [-0.2, 0) is 0 Å². The molecule has 0 spiro atoms. The molecule has 2 fully saturated rings. The fraction of sp³-hybridized carbons (Fsp3) is 1.00. The number of β-amino-alcohol motifs (C(OH)–C–C–N with tert-alkyl or cyclic N) is 1. The van der Waals surface area contributed by atoms with Crippen molar-refractivity contribution >= 4 is 0 Å². The van der Waals surface area contributed by atoms with E-state index in [2.05, 4.69) is 12.2 Å². The Hall–Kier alpha value is -0.120. The van der Waals surface area contributed by atoms with Crippen LogP contribution in [0.2, 0.25) is 0 Å². The molecule has 1 heterocycles. The maximum absolute atomic E-state index is 10.8. The highest BCUT2D eigenvalue weighted by Gasteiger charge is 2.52. The quantitative estimate of drug-likeness (QED) is 0.679. The second kappa shape index (κ2) is 4.63. The second-order valence-corrected chi connectivity index (χ2v) is 5.81. The molecule has 4 N–H and O–H groups in total. The summed E-state index contributed by atoms with van der Waals surface area (Å²) in [5, 5.41) is 14.1. The largest absolute Gasteiger partial charge is 0.388 e. The molecule has 0 amide bonds. The lowest BCUT2D eigenvalue weighted by atomic mass is 9.60. The van der Waals surface area contributed by atoms with Crippen LogP contribution in [0.25, 0.3) is 0 Å². The Bertz CT molecular complexity index is 238. The molecule has 1 aliphatic carbocycles. The summed E-state index contributed by atoms with van der Waals surface area (Å²) in [6.45, 7) is 4.57. The molecule has 1 aliphatic heterocycles. The number of rotatable bonds is 3. The van der Waals surface area contributed by atoms with Gasteiger partial charge in [0, 0.05) is 18.5 Å². The minimum absolute atomic E-state index is 0.0184. The van der Waals surface area contributed by atoms with Crippen LogP contribution in [0, 0.1) is 11.3 Å². The summed E-state index contributed by atoms with van der Waals surface area (Å²) in [7, 11) is 0. The number of nitrogens with one attached hydrogen (secondary N) is 1. The van der Waals surface area contributed by atoms with Gasteiger partial charge in [-0.05, 0) is 31.7 Å². The van der Waals surface area contributed by atoms with Gasteiger partial charge in [-0.1, -0.05) is 26.2 Å². The third-order valence-electron chi connectivity index (χ3n) is 5.04. The Morgan fingerprint density at radius 3 is 2.81 bits per heavy atom. The zero-order valence-corrected chi connectivity index (χ0v) is 10.5. The first-order chi connectivity index (χ1) is 7.66. The molecule has 0 aromatic heterocycles. The van der Waals surface area contributed by atoms with Crippen molar-refractivity contribution in [3.8, 4) is 0 Å². The minimum atomic E-state index is -0.546. The average Bonchev–Trinajstić information content (AvgIpc) is 2.77. The molecule has 3 unspecified atom stereocenters. The van der Waals surface area contributed by atoms with E-state index in [1.54, 1.807) is 0 Å². The lowest BCUT2D eigenvalue weighted by molar-refractivity contribution is -0.0945. The Kier molecular flexibility index (Phi) is 3.57. The van der Waals surface area contributed by atoms with E-state index in [0.29, 0.717) is 6.54 Å². The van der Waals surface area contributed by atoms with Crippen LogP contribution >= 0.6 is 0 Å². The highest BCUT2D eigenvalue weighted by atomic mass is 16.3. The molecule has 0 bridgehead atoms. The van der Waals surface area contributed by atoms with Crippen molar-refractivity contribution in [2.75, 3.05) is 19.6 Å². The molecule has 16 heavy (non-hydrogen) atoms. The Morgan fingerprint density at radius 1 is 1.44 bits per heavy atom. The summed E-state index contributed by atoms with van der Waals surface area (Å²) < 4.78 is 0.